The van der Waals surface area contributed by atoms with Gasteiger partial charge in [-0.25, -0.2) is 4.79 Å². The Kier molecular flexibility index (Phi) is 3.16. The van der Waals surface area contributed by atoms with E-state index in [9.17, 15) is 9.59 Å². The molecule has 6 heteroatoms. The lowest BCUT2D eigenvalue weighted by Crippen LogP contribution is -2.40. The lowest BCUT2D eigenvalue weighted by molar-refractivity contribution is -0.128. The number of hydrogen-bond donors (Lipinski definition) is 0. The SMILES string of the molecule is CC(C)(C)OC(=O)N1C[C@@H]2C(N3CC(Cl)CC3=O)[C@@H]2C1. The van der Waals surface area contributed by atoms with Crippen molar-refractivity contribution < 1.29 is 14.3 Å². The van der Waals surface area contributed by atoms with Crippen LogP contribution in [-0.4, -0.2) is 58.5 Å². The van der Waals surface area contributed by atoms with Gasteiger partial charge in [-0.1, -0.05) is 0 Å². The summed E-state index contributed by atoms with van der Waals surface area (Å²) in [6.07, 6.45) is 0.208. The molecule has 2 heterocycles. The van der Waals surface area contributed by atoms with E-state index in [0.717, 1.165) is 0 Å². The minimum atomic E-state index is -0.458. The molecule has 20 heavy (non-hydrogen) atoms. The molecule has 3 aliphatic rings. The van der Waals surface area contributed by atoms with Gasteiger partial charge >= 0.3 is 6.09 Å². The fourth-order valence-corrected chi connectivity index (χ4v) is 3.69. The Hall–Kier alpha value is -0.970. The van der Waals surface area contributed by atoms with E-state index in [0.29, 0.717) is 43.9 Å². The van der Waals surface area contributed by atoms with Gasteiger partial charge in [0, 0.05) is 43.9 Å². The maximum absolute atomic E-state index is 12.0. The minimum absolute atomic E-state index is 0.0502. The molecular weight excluding hydrogens is 280 g/mol. The molecule has 0 aromatic heterocycles. The molecule has 0 radical (unpaired) electrons. The fraction of sp³-hybridized carbons (Fsp3) is 0.857. The van der Waals surface area contributed by atoms with Crippen LogP contribution in [0.2, 0.25) is 0 Å². The third kappa shape index (κ3) is 2.48. The number of ether oxygens (including phenoxy) is 1. The summed E-state index contributed by atoms with van der Waals surface area (Å²) >= 11 is 6.03. The van der Waals surface area contributed by atoms with Crippen molar-refractivity contribution in [1.29, 1.82) is 0 Å². The normalized spacial score (nSPS) is 36.3. The Morgan fingerprint density at radius 2 is 1.85 bits per heavy atom. The predicted molar refractivity (Wildman–Crippen MR) is 74.5 cm³/mol. The van der Waals surface area contributed by atoms with Gasteiger partial charge in [-0.05, 0) is 20.8 Å². The monoisotopic (exact) mass is 300 g/mol. The van der Waals surface area contributed by atoms with E-state index >= 15 is 0 Å². The van der Waals surface area contributed by atoms with Crippen LogP contribution in [-0.2, 0) is 9.53 Å². The van der Waals surface area contributed by atoms with Gasteiger partial charge in [-0.15, -0.1) is 11.6 Å². The Bertz CT molecular complexity index is 436. The van der Waals surface area contributed by atoms with Crippen molar-refractivity contribution in [3.63, 3.8) is 0 Å². The first kappa shape index (κ1) is 14.0. The zero-order chi connectivity index (χ0) is 14.7. The number of hydrogen-bond acceptors (Lipinski definition) is 3. The summed E-state index contributed by atoms with van der Waals surface area (Å²) < 4.78 is 5.37. The molecule has 2 amide bonds. The molecule has 1 saturated carbocycles. The standard InChI is InChI=1S/C14H21ClN2O3/c1-14(2,3)20-13(19)16-6-9-10(7-16)12(9)17-5-8(15)4-11(17)18/h8-10,12H,4-7H2,1-3H3/t8?,9-,10+,12?. The Balaban J connectivity index is 1.53. The number of carbonyl (C=O) groups is 2. The van der Waals surface area contributed by atoms with Crippen molar-refractivity contribution in [2.45, 2.75) is 44.2 Å². The zero-order valence-corrected chi connectivity index (χ0v) is 12.9. The fourth-order valence-electron chi connectivity index (χ4n) is 3.41. The third-order valence-electron chi connectivity index (χ3n) is 4.27. The molecular formula is C14H21ClN2O3. The van der Waals surface area contributed by atoms with Crippen LogP contribution in [0.15, 0.2) is 0 Å². The molecule has 5 nitrogen and oxygen atoms in total. The largest absolute Gasteiger partial charge is 0.444 e. The Morgan fingerprint density at radius 3 is 2.30 bits per heavy atom. The molecule has 0 aromatic carbocycles. The van der Waals surface area contributed by atoms with Crippen LogP contribution in [0.1, 0.15) is 27.2 Å². The summed E-state index contributed by atoms with van der Waals surface area (Å²) in [7, 11) is 0. The highest BCUT2D eigenvalue weighted by Crippen LogP contribution is 2.50. The van der Waals surface area contributed by atoms with Gasteiger partial charge in [-0.2, -0.15) is 0 Å². The highest BCUT2D eigenvalue weighted by Gasteiger charge is 2.61. The molecule has 0 bridgehead atoms. The van der Waals surface area contributed by atoms with Crippen LogP contribution >= 0.6 is 11.6 Å². The number of alkyl halides is 1. The van der Waals surface area contributed by atoms with E-state index in [-0.39, 0.29) is 17.4 Å². The quantitative estimate of drug-likeness (QED) is 0.693. The average molecular weight is 301 g/mol. The first-order chi connectivity index (χ1) is 9.26. The van der Waals surface area contributed by atoms with Crippen molar-refractivity contribution in [2.75, 3.05) is 19.6 Å². The molecule has 0 aromatic rings. The van der Waals surface area contributed by atoms with Gasteiger partial charge in [0.25, 0.3) is 0 Å². The van der Waals surface area contributed by atoms with Gasteiger partial charge < -0.3 is 14.5 Å². The van der Waals surface area contributed by atoms with E-state index < -0.39 is 5.60 Å². The molecule has 2 saturated heterocycles. The number of likely N-dealkylation sites (tertiary alicyclic amines) is 2. The maximum atomic E-state index is 12.0. The number of halogens is 1. The van der Waals surface area contributed by atoms with Crippen LogP contribution in [0.3, 0.4) is 0 Å². The Labute approximate surface area is 124 Å². The van der Waals surface area contributed by atoms with E-state index in [1.807, 2.05) is 25.7 Å². The second-order valence-electron chi connectivity index (χ2n) is 7.05. The van der Waals surface area contributed by atoms with Crippen molar-refractivity contribution in [1.82, 2.24) is 9.80 Å². The number of amides is 2. The minimum Gasteiger partial charge on any atom is -0.444 e. The Morgan fingerprint density at radius 1 is 1.25 bits per heavy atom. The smallest absolute Gasteiger partial charge is 0.410 e. The maximum Gasteiger partial charge on any atom is 0.410 e. The van der Waals surface area contributed by atoms with Gasteiger partial charge in [0.1, 0.15) is 5.60 Å². The lowest BCUT2D eigenvalue weighted by Gasteiger charge is -2.27. The van der Waals surface area contributed by atoms with Crippen LogP contribution in [0.5, 0.6) is 0 Å². The summed E-state index contributed by atoms with van der Waals surface area (Å²) in [5.74, 6) is 0.982. The number of nitrogens with zero attached hydrogens (tertiary/aromatic N) is 2. The number of rotatable bonds is 1. The van der Waals surface area contributed by atoms with Gasteiger partial charge in [0.05, 0.1) is 5.38 Å². The number of carbonyl (C=O) groups excluding carboxylic acids is 2. The van der Waals surface area contributed by atoms with Gasteiger partial charge in [0.2, 0.25) is 5.91 Å². The average Bonchev–Trinajstić information content (AvgIpc) is 2.67. The molecule has 3 rings (SSSR count). The zero-order valence-electron chi connectivity index (χ0n) is 12.1. The summed E-state index contributed by atoms with van der Waals surface area (Å²) in [5, 5.41) is -0.0502. The summed E-state index contributed by atoms with van der Waals surface area (Å²) in [4.78, 5) is 27.5. The summed E-state index contributed by atoms with van der Waals surface area (Å²) in [6, 6.07) is 0.296. The molecule has 0 spiro atoms. The van der Waals surface area contributed by atoms with Crippen molar-refractivity contribution in [3.8, 4) is 0 Å². The molecule has 4 atom stereocenters. The lowest BCUT2D eigenvalue weighted by atomic mass is 10.2. The van der Waals surface area contributed by atoms with E-state index in [2.05, 4.69) is 0 Å². The highest BCUT2D eigenvalue weighted by atomic mass is 35.5. The second kappa shape index (κ2) is 4.52. The highest BCUT2D eigenvalue weighted by molar-refractivity contribution is 6.22. The third-order valence-corrected chi connectivity index (χ3v) is 4.56. The molecule has 1 aliphatic carbocycles. The molecule has 0 N–H and O–H groups in total. The number of fused-ring (bicyclic) bond motifs is 1. The van der Waals surface area contributed by atoms with Crippen LogP contribution in [0.25, 0.3) is 0 Å². The van der Waals surface area contributed by atoms with Crippen LogP contribution in [0.4, 0.5) is 4.79 Å². The topological polar surface area (TPSA) is 49.9 Å². The van der Waals surface area contributed by atoms with Gasteiger partial charge in [0.15, 0.2) is 0 Å². The van der Waals surface area contributed by atoms with Crippen molar-refractivity contribution in [2.24, 2.45) is 11.8 Å². The number of piperidine rings is 1. The molecule has 2 unspecified atom stereocenters. The molecule has 2 aliphatic heterocycles. The van der Waals surface area contributed by atoms with E-state index in [1.54, 1.807) is 4.90 Å². The molecule has 3 fully saturated rings. The van der Waals surface area contributed by atoms with Crippen molar-refractivity contribution >= 4 is 23.6 Å². The van der Waals surface area contributed by atoms with Gasteiger partial charge in [-0.3, -0.25) is 4.79 Å². The van der Waals surface area contributed by atoms with Crippen molar-refractivity contribution in [3.05, 3.63) is 0 Å². The van der Waals surface area contributed by atoms with E-state index in [4.69, 9.17) is 16.3 Å². The predicted octanol–water partition coefficient (Wildman–Crippen LogP) is 1.69. The molecule has 112 valence electrons. The van der Waals surface area contributed by atoms with Crippen LogP contribution < -0.4 is 0 Å². The summed E-state index contributed by atoms with van der Waals surface area (Å²) in [6.45, 7) is 7.66. The summed E-state index contributed by atoms with van der Waals surface area (Å²) in [5.41, 5.74) is -0.458. The van der Waals surface area contributed by atoms with Crippen LogP contribution in [0, 0.1) is 11.8 Å². The second-order valence-corrected chi connectivity index (χ2v) is 7.67. The van der Waals surface area contributed by atoms with E-state index in [1.165, 1.54) is 0 Å². The first-order valence-electron chi connectivity index (χ1n) is 7.18. The first-order valence-corrected chi connectivity index (χ1v) is 7.61.